The molecule has 0 radical (unpaired) electrons. The summed E-state index contributed by atoms with van der Waals surface area (Å²) in [5.74, 6) is 1.38. The second-order valence-corrected chi connectivity index (χ2v) is 7.54. The van der Waals surface area contributed by atoms with E-state index in [2.05, 4.69) is 0 Å². The molecule has 20 heavy (non-hydrogen) atoms. The largest absolute Gasteiger partial charge is 0.446 e. The Bertz CT molecular complexity index is 411. The molecule has 1 saturated heterocycles. The van der Waals surface area contributed by atoms with Crippen molar-refractivity contribution in [1.82, 2.24) is 4.90 Å². The molecule has 0 aromatic carbocycles. The van der Waals surface area contributed by atoms with Crippen LogP contribution in [0.4, 0.5) is 4.79 Å². The predicted molar refractivity (Wildman–Crippen MR) is 72.9 cm³/mol. The second kappa shape index (κ2) is 4.34. The number of ether oxygens (including phenoxy) is 1. The lowest BCUT2D eigenvalue weighted by Gasteiger charge is -2.57. The highest BCUT2D eigenvalue weighted by atomic mass is 16.6. The van der Waals surface area contributed by atoms with Crippen LogP contribution in [0, 0.1) is 17.8 Å². The van der Waals surface area contributed by atoms with E-state index in [9.17, 15) is 9.90 Å². The molecular weight excluding hydrogens is 256 g/mol. The molecule has 0 spiro atoms. The van der Waals surface area contributed by atoms with Gasteiger partial charge < -0.3 is 20.5 Å². The van der Waals surface area contributed by atoms with E-state index in [0.29, 0.717) is 30.8 Å². The van der Waals surface area contributed by atoms with Crippen LogP contribution in [0.2, 0.25) is 0 Å². The first-order chi connectivity index (χ1) is 9.52. The summed E-state index contributed by atoms with van der Waals surface area (Å²) in [6.07, 6.45) is 5.54. The van der Waals surface area contributed by atoms with Crippen molar-refractivity contribution in [3.05, 3.63) is 0 Å². The van der Waals surface area contributed by atoms with Crippen LogP contribution in [-0.4, -0.2) is 46.9 Å². The van der Waals surface area contributed by atoms with Crippen molar-refractivity contribution in [1.29, 1.82) is 0 Å². The molecule has 5 rings (SSSR count). The molecule has 5 aliphatic rings. The monoisotopic (exact) mass is 280 g/mol. The molecule has 3 atom stereocenters. The fraction of sp³-hybridized carbons (Fsp3) is 0.933. The average Bonchev–Trinajstić information content (AvgIpc) is 2.78. The normalized spacial score (nSPS) is 49.7. The van der Waals surface area contributed by atoms with Gasteiger partial charge >= 0.3 is 6.09 Å². The summed E-state index contributed by atoms with van der Waals surface area (Å²) < 4.78 is 5.82. The van der Waals surface area contributed by atoms with E-state index in [1.54, 1.807) is 4.90 Å². The minimum Gasteiger partial charge on any atom is -0.446 e. The van der Waals surface area contributed by atoms with Crippen molar-refractivity contribution in [3.8, 4) is 0 Å². The van der Waals surface area contributed by atoms with Crippen LogP contribution >= 0.6 is 0 Å². The molecule has 4 saturated carbocycles. The second-order valence-electron chi connectivity index (χ2n) is 7.54. The van der Waals surface area contributed by atoms with Gasteiger partial charge in [0, 0.05) is 19.1 Å². The summed E-state index contributed by atoms with van der Waals surface area (Å²) in [6, 6.07) is 0.0989. The van der Waals surface area contributed by atoms with E-state index in [1.807, 2.05) is 0 Å². The van der Waals surface area contributed by atoms with Gasteiger partial charge in [0.25, 0.3) is 0 Å². The molecule has 4 bridgehead atoms. The van der Waals surface area contributed by atoms with Gasteiger partial charge in [0.15, 0.2) is 0 Å². The van der Waals surface area contributed by atoms with Crippen molar-refractivity contribution in [2.24, 2.45) is 23.5 Å². The summed E-state index contributed by atoms with van der Waals surface area (Å²) in [5, 5.41) is 10.5. The maximum absolute atomic E-state index is 12.2. The highest BCUT2D eigenvalue weighted by Crippen LogP contribution is 2.56. The summed E-state index contributed by atoms with van der Waals surface area (Å²) in [5.41, 5.74) is 5.38. The SMILES string of the molecule is N[C@@H]1CCN(C(=O)O[C@H]2C3CC4CC2C[C@](O)(C4)C3)C1. The van der Waals surface area contributed by atoms with Gasteiger partial charge in [-0.05, 0) is 56.3 Å². The van der Waals surface area contributed by atoms with E-state index in [4.69, 9.17) is 10.5 Å². The zero-order valence-electron chi connectivity index (χ0n) is 11.8. The molecular formula is C15H24N2O3. The number of carbonyl (C=O) groups is 1. The standard InChI is InChI=1S/C15H24N2O3/c16-12-1-2-17(8-12)14(18)20-13-10-3-9-4-11(13)7-15(19,5-9)6-10/h9-13,19H,1-8,16H2/t9?,10?,11?,12-,13-,15-/m1/s1. The molecule has 5 heteroatoms. The third kappa shape index (κ3) is 2.02. The maximum Gasteiger partial charge on any atom is 0.410 e. The lowest BCUT2D eigenvalue weighted by atomic mass is 9.53. The Kier molecular flexibility index (Phi) is 2.80. The zero-order chi connectivity index (χ0) is 13.9. The van der Waals surface area contributed by atoms with Crippen molar-refractivity contribution < 1.29 is 14.6 Å². The van der Waals surface area contributed by atoms with E-state index in [-0.39, 0.29) is 18.2 Å². The summed E-state index contributed by atoms with van der Waals surface area (Å²) in [4.78, 5) is 14.0. The van der Waals surface area contributed by atoms with E-state index >= 15 is 0 Å². The van der Waals surface area contributed by atoms with Crippen LogP contribution in [0.15, 0.2) is 0 Å². The number of nitrogens with zero attached hydrogens (tertiary/aromatic N) is 1. The van der Waals surface area contributed by atoms with E-state index in [0.717, 1.165) is 38.5 Å². The molecule has 2 unspecified atom stereocenters. The number of likely N-dealkylation sites (tertiary alicyclic amines) is 1. The lowest BCUT2D eigenvalue weighted by Crippen LogP contribution is -2.58. The summed E-state index contributed by atoms with van der Waals surface area (Å²) in [7, 11) is 0. The summed E-state index contributed by atoms with van der Waals surface area (Å²) in [6.45, 7) is 1.34. The molecule has 5 nitrogen and oxygen atoms in total. The topological polar surface area (TPSA) is 75.8 Å². The minimum atomic E-state index is -0.463. The fourth-order valence-corrected chi connectivity index (χ4v) is 5.27. The van der Waals surface area contributed by atoms with Crippen LogP contribution in [0.5, 0.6) is 0 Å². The van der Waals surface area contributed by atoms with Gasteiger partial charge in [-0.1, -0.05) is 0 Å². The predicted octanol–water partition coefficient (Wildman–Crippen LogP) is 1.10. The van der Waals surface area contributed by atoms with Crippen LogP contribution in [0.25, 0.3) is 0 Å². The van der Waals surface area contributed by atoms with Gasteiger partial charge in [0.05, 0.1) is 5.60 Å². The summed E-state index contributed by atoms with van der Waals surface area (Å²) >= 11 is 0. The molecule has 4 aliphatic carbocycles. The Morgan fingerprint density at radius 2 is 1.95 bits per heavy atom. The molecule has 5 fully saturated rings. The number of rotatable bonds is 1. The molecule has 1 heterocycles. The van der Waals surface area contributed by atoms with Gasteiger partial charge in [-0.3, -0.25) is 0 Å². The quantitative estimate of drug-likeness (QED) is 0.754. The Labute approximate surface area is 119 Å². The molecule has 1 amide bonds. The Morgan fingerprint density at radius 3 is 2.50 bits per heavy atom. The van der Waals surface area contributed by atoms with E-state index < -0.39 is 5.60 Å². The fourth-order valence-electron chi connectivity index (χ4n) is 5.27. The number of carbonyl (C=O) groups excluding carboxylic acids is 1. The van der Waals surface area contributed by atoms with Crippen LogP contribution < -0.4 is 5.73 Å². The number of nitrogens with two attached hydrogens (primary N) is 1. The van der Waals surface area contributed by atoms with Crippen molar-refractivity contribution in [3.63, 3.8) is 0 Å². The Hall–Kier alpha value is -0.810. The molecule has 112 valence electrons. The highest BCUT2D eigenvalue weighted by molar-refractivity contribution is 5.68. The van der Waals surface area contributed by atoms with Crippen LogP contribution in [0.1, 0.15) is 38.5 Å². The van der Waals surface area contributed by atoms with Crippen molar-refractivity contribution in [2.45, 2.75) is 56.3 Å². The van der Waals surface area contributed by atoms with Crippen LogP contribution in [0.3, 0.4) is 0 Å². The first kappa shape index (κ1) is 12.9. The number of amides is 1. The van der Waals surface area contributed by atoms with Gasteiger partial charge in [-0.25, -0.2) is 4.79 Å². The van der Waals surface area contributed by atoms with Crippen molar-refractivity contribution in [2.75, 3.05) is 13.1 Å². The highest BCUT2D eigenvalue weighted by Gasteiger charge is 2.56. The van der Waals surface area contributed by atoms with Gasteiger partial charge in [-0.15, -0.1) is 0 Å². The zero-order valence-corrected chi connectivity index (χ0v) is 11.8. The van der Waals surface area contributed by atoms with Gasteiger partial charge in [0.1, 0.15) is 6.10 Å². The van der Waals surface area contributed by atoms with Crippen LogP contribution in [-0.2, 0) is 4.74 Å². The minimum absolute atomic E-state index is 0.0242. The van der Waals surface area contributed by atoms with Crippen molar-refractivity contribution >= 4 is 6.09 Å². The number of hydrogen-bond acceptors (Lipinski definition) is 4. The molecule has 0 aromatic rings. The number of aliphatic hydroxyl groups is 1. The average molecular weight is 280 g/mol. The smallest absolute Gasteiger partial charge is 0.410 e. The number of hydrogen-bond donors (Lipinski definition) is 2. The lowest BCUT2D eigenvalue weighted by molar-refractivity contribution is -0.177. The van der Waals surface area contributed by atoms with Gasteiger partial charge in [0.2, 0.25) is 0 Å². The maximum atomic E-state index is 12.2. The molecule has 3 N–H and O–H groups in total. The first-order valence-corrected chi connectivity index (χ1v) is 7.96. The Morgan fingerprint density at radius 1 is 1.25 bits per heavy atom. The molecule has 1 aliphatic heterocycles. The molecule has 0 aromatic heterocycles. The Balaban J connectivity index is 1.44. The third-order valence-electron chi connectivity index (χ3n) is 5.87. The van der Waals surface area contributed by atoms with Gasteiger partial charge in [-0.2, -0.15) is 0 Å². The van der Waals surface area contributed by atoms with E-state index in [1.165, 1.54) is 0 Å². The first-order valence-electron chi connectivity index (χ1n) is 7.96. The third-order valence-corrected chi connectivity index (χ3v) is 5.87.